The number of nitrogens with one attached hydrogen (secondary N) is 1. The van der Waals surface area contributed by atoms with E-state index in [0.29, 0.717) is 0 Å². The van der Waals surface area contributed by atoms with Crippen molar-refractivity contribution >= 4 is 0 Å². The zero-order chi connectivity index (χ0) is 11.5. The fraction of sp³-hybridized carbons (Fsp3) is 1.00. The number of hydrogen-bond donors (Lipinski definition) is 1. The largest absolute Gasteiger partial charge is 0.314 e. The Hall–Kier alpha value is -0.0800. The first-order valence-electron chi connectivity index (χ1n) is 7.16. The smallest absolute Gasteiger partial charge is 0.0117 e. The molecule has 1 saturated heterocycles. The van der Waals surface area contributed by atoms with Crippen molar-refractivity contribution in [3.63, 3.8) is 0 Å². The second-order valence-electron chi connectivity index (χ2n) is 6.00. The van der Waals surface area contributed by atoms with E-state index in [-0.39, 0.29) is 0 Å². The summed E-state index contributed by atoms with van der Waals surface area (Å²) in [5, 5.41) is 3.62. The monoisotopic (exact) mass is 224 g/mol. The molecule has 0 aromatic heterocycles. The Bertz CT molecular complexity index is 213. The molecule has 1 aliphatic heterocycles. The van der Waals surface area contributed by atoms with Gasteiger partial charge in [-0.3, -0.25) is 0 Å². The summed E-state index contributed by atoms with van der Waals surface area (Å²) >= 11 is 0. The van der Waals surface area contributed by atoms with Gasteiger partial charge in [0.1, 0.15) is 0 Å². The van der Waals surface area contributed by atoms with Gasteiger partial charge in [0, 0.05) is 19.1 Å². The molecule has 3 atom stereocenters. The van der Waals surface area contributed by atoms with Crippen molar-refractivity contribution in [3.05, 3.63) is 0 Å². The molecule has 2 nitrogen and oxygen atoms in total. The summed E-state index contributed by atoms with van der Waals surface area (Å²) in [4.78, 5) is 2.70. The van der Waals surface area contributed by atoms with Gasteiger partial charge in [0.2, 0.25) is 0 Å². The first-order valence-corrected chi connectivity index (χ1v) is 7.16. The van der Waals surface area contributed by atoms with Crippen molar-refractivity contribution < 1.29 is 0 Å². The predicted octanol–water partition coefficient (Wildman–Crippen LogP) is 2.35. The normalized spacial score (nSPS) is 33.9. The Morgan fingerprint density at radius 2 is 2.06 bits per heavy atom. The molecular weight excluding hydrogens is 196 g/mol. The van der Waals surface area contributed by atoms with E-state index in [1.165, 1.54) is 38.9 Å². The van der Waals surface area contributed by atoms with Gasteiger partial charge in [0.15, 0.2) is 0 Å². The molecule has 0 aromatic rings. The van der Waals surface area contributed by atoms with Crippen molar-refractivity contribution in [2.45, 2.75) is 46.1 Å². The molecule has 0 amide bonds. The molecule has 1 N–H and O–H groups in total. The van der Waals surface area contributed by atoms with E-state index >= 15 is 0 Å². The summed E-state index contributed by atoms with van der Waals surface area (Å²) in [6, 6.07) is 0.762. The molecule has 0 spiro atoms. The minimum absolute atomic E-state index is 0.762. The maximum absolute atomic E-state index is 3.62. The molecule has 0 radical (unpaired) electrons. The summed E-state index contributed by atoms with van der Waals surface area (Å²) in [6.07, 6.45) is 4.32. The van der Waals surface area contributed by atoms with E-state index in [2.05, 4.69) is 31.0 Å². The summed E-state index contributed by atoms with van der Waals surface area (Å²) in [7, 11) is 0. The molecule has 2 rings (SSSR count). The quantitative estimate of drug-likeness (QED) is 0.771. The van der Waals surface area contributed by atoms with Crippen molar-refractivity contribution in [3.8, 4) is 0 Å². The first kappa shape index (κ1) is 12.4. The SMILES string of the molecule is CCNC1CCN(CC(C)C2CC2)CC1C. The molecule has 2 fully saturated rings. The fourth-order valence-corrected chi connectivity index (χ4v) is 3.18. The van der Waals surface area contributed by atoms with E-state index < -0.39 is 0 Å². The summed E-state index contributed by atoms with van der Waals surface area (Å²) in [6.45, 7) is 12.1. The topological polar surface area (TPSA) is 15.3 Å². The van der Waals surface area contributed by atoms with E-state index in [0.717, 1.165) is 30.3 Å². The number of likely N-dealkylation sites (tertiary alicyclic amines) is 1. The molecule has 94 valence electrons. The average Bonchev–Trinajstić information content (AvgIpc) is 3.05. The fourth-order valence-electron chi connectivity index (χ4n) is 3.18. The van der Waals surface area contributed by atoms with Gasteiger partial charge in [-0.1, -0.05) is 20.8 Å². The van der Waals surface area contributed by atoms with Crippen molar-refractivity contribution in [2.75, 3.05) is 26.2 Å². The van der Waals surface area contributed by atoms with Crippen LogP contribution in [-0.4, -0.2) is 37.1 Å². The van der Waals surface area contributed by atoms with Crippen LogP contribution in [0.15, 0.2) is 0 Å². The van der Waals surface area contributed by atoms with Crippen LogP contribution in [0.2, 0.25) is 0 Å². The summed E-state index contributed by atoms with van der Waals surface area (Å²) in [5.41, 5.74) is 0. The molecule has 2 heteroatoms. The highest BCUT2D eigenvalue weighted by Gasteiger charge is 2.31. The van der Waals surface area contributed by atoms with Gasteiger partial charge in [0.05, 0.1) is 0 Å². The molecule has 3 unspecified atom stereocenters. The Labute approximate surface area is 101 Å². The number of rotatable bonds is 5. The molecule has 16 heavy (non-hydrogen) atoms. The van der Waals surface area contributed by atoms with Crippen LogP contribution in [0.3, 0.4) is 0 Å². The van der Waals surface area contributed by atoms with E-state index in [9.17, 15) is 0 Å². The molecule has 1 saturated carbocycles. The first-order chi connectivity index (χ1) is 7.70. The minimum atomic E-state index is 0.762. The van der Waals surface area contributed by atoms with E-state index in [1.54, 1.807) is 0 Å². The van der Waals surface area contributed by atoms with Crippen LogP contribution in [-0.2, 0) is 0 Å². The maximum atomic E-state index is 3.62. The van der Waals surface area contributed by atoms with Crippen LogP contribution >= 0.6 is 0 Å². The number of hydrogen-bond acceptors (Lipinski definition) is 2. The Kier molecular flexibility index (Phi) is 4.26. The van der Waals surface area contributed by atoms with Crippen LogP contribution in [0.25, 0.3) is 0 Å². The number of piperidine rings is 1. The van der Waals surface area contributed by atoms with Gasteiger partial charge in [-0.2, -0.15) is 0 Å². The Balaban J connectivity index is 1.73. The zero-order valence-corrected chi connectivity index (χ0v) is 11.2. The maximum Gasteiger partial charge on any atom is 0.0117 e. The van der Waals surface area contributed by atoms with Crippen LogP contribution in [0.5, 0.6) is 0 Å². The molecule has 0 aromatic carbocycles. The van der Waals surface area contributed by atoms with Crippen molar-refractivity contribution in [2.24, 2.45) is 17.8 Å². The van der Waals surface area contributed by atoms with Gasteiger partial charge in [-0.15, -0.1) is 0 Å². The second-order valence-corrected chi connectivity index (χ2v) is 6.00. The van der Waals surface area contributed by atoms with Crippen LogP contribution < -0.4 is 5.32 Å². The lowest BCUT2D eigenvalue weighted by Gasteiger charge is -2.38. The van der Waals surface area contributed by atoms with Crippen LogP contribution in [0.1, 0.15) is 40.0 Å². The molecule has 1 heterocycles. The van der Waals surface area contributed by atoms with Gasteiger partial charge >= 0.3 is 0 Å². The van der Waals surface area contributed by atoms with Crippen LogP contribution in [0, 0.1) is 17.8 Å². The Morgan fingerprint density at radius 3 is 2.62 bits per heavy atom. The molecule has 0 bridgehead atoms. The molecule has 2 aliphatic rings. The highest BCUT2D eigenvalue weighted by molar-refractivity contribution is 4.86. The molecule has 1 aliphatic carbocycles. The van der Waals surface area contributed by atoms with Gasteiger partial charge in [-0.25, -0.2) is 0 Å². The molecular formula is C14H28N2. The van der Waals surface area contributed by atoms with Gasteiger partial charge in [0.25, 0.3) is 0 Å². The lowest BCUT2D eigenvalue weighted by Crippen LogP contribution is -2.49. The standard InChI is InChI=1S/C14H28N2/c1-4-15-14-7-8-16(10-12(14)3)9-11(2)13-5-6-13/h11-15H,4-10H2,1-3H3. The lowest BCUT2D eigenvalue weighted by molar-refractivity contribution is 0.128. The third-order valence-electron chi connectivity index (χ3n) is 4.43. The number of nitrogens with zero attached hydrogens (tertiary/aromatic N) is 1. The van der Waals surface area contributed by atoms with Gasteiger partial charge < -0.3 is 10.2 Å². The highest BCUT2D eigenvalue weighted by Crippen LogP contribution is 2.37. The van der Waals surface area contributed by atoms with Crippen molar-refractivity contribution in [1.82, 2.24) is 10.2 Å². The third-order valence-corrected chi connectivity index (χ3v) is 4.43. The van der Waals surface area contributed by atoms with Crippen molar-refractivity contribution in [1.29, 1.82) is 0 Å². The van der Waals surface area contributed by atoms with Crippen LogP contribution in [0.4, 0.5) is 0 Å². The average molecular weight is 224 g/mol. The Morgan fingerprint density at radius 1 is 1.31 bits per heavy atom. The second kappa shape index (κ2) is 5.50. The van der Waals surface area contributed by atoms with Gasteiger partial charge in [-0.05, 0) is 50.1 Å². The van der Waals surface area contributed by atoms with E-state index in [1.807, 2.05) is 0 Å². The minimum Gasteiger partial charge on any atom is -0.314 e. The summed E-state index contributed by atoms with van der Waals surface area (Å²) in [5.74, 6) is 2.81. The zero-order valence-electron chi connectivity index (χ0n) is 11.2. The highest BCUT2D eigenvalue weighted by atomic mass is 15.1. The predicted molar refractivity (Wildman–Crippen MR) is 69.6 cm³/mol. The summed E-state index contributed by atoms with van der Waals surface area (Å²) < 4.78 is 0. The lowest BCUT2D eigenvalue weighted by atomic mass is 9.92. The third kappa shape index (κ3) is 3.21. The van der Waals surface area contributed by atoms with E-state index in [4.69, 9.17) is 0 Å².